The Balaban J connectivity index is 1.46. The molecule has 28 heavy (non-hydrogen) atoms. The molecule has 3 N–H and O–H groups in total. The number of aromatic amines is 1. The Labute approximate surface area is 160 Å². The van der Waals surface area contributed by atoms with Crippen LogP contribution in [-0.4, -0.2) is 23.0 Å². The molecule has 2 aromatic carbocycles. The van der Waals surface area contributed by atoms with Gasteiger partial charge in [-0.25, -0.2) is 5.43 Å². The summed E-state index contributed by atoms with van der Waals surface area (Å²) in [7, 11) is 0. The van der Waals surface area contributed by atoms with E-state index in [1.54, 1.807) is 12.1 Å². The number of hydrogen-bond acceptors (Lipinski definition) is 4. The number of anilines is 1. The van der Waals surface area contributed by atoms with E-state index in [0.717, 1.165) is 12.0 Å². The van der Waals surface area contributed by atoms with Crippen LogP contribution in [-0.2, 0) is 4.79 Å². The van der Waals surface area contributed by atoms with Crippen molar-refractivity contribution in [2.45, 2.75) is 12.3 Å². The number of carbonyl (C=O) groups is 2. The van der Waals surface area contributed by atoms with Crippen molar-refractivity contribution in [2.24, 2.45) is 11.0 Å². The van der Waals surface area contributed by atoms with Crippen molar-refractivity contribution >= 4 is 34.6 Å². The number of carbonyl (C=O) groups excluding carboxylic acids is 2. The van der Waals surface area contributed by atoms with Crippen LogP contribution in [0.5, 0.6) is 0 Å². The van der Waals surface area contributed by atoms with E-state index >= 15 is 0 Å². The molecule has 0 unspecified atom stereocenters. The zero-order valence-corrected chi connectivity index (χ0v) is 14.7. The number of nitrogens with zero attached hydrogens (tertiary/aromatic N) is 2. The van der Waals surface area contributed by atoms with Gasteiger partial charge in [-0.3, -0.25) is 9.59 Å². The standard InChI is InChI=1S/C21H15N5O2/c22-9-18-16-10-23-26-21(28)15-6-12(7-17(25-18)19(15)16)24-20(27)14-8-13(14)11-4-2-1-3-5-11/h1-7,10,13-14,25H,8H2,(H,24,27)(H,26,28)/t13-,14+/m0/s1. The summed E-state index contributed by atoms with van der Waals surface area (Å²) < 4.78 is 0. The Hall–Kier alpha value is -3.92. The molecular weight excluding hydrogens is 354 g/mol. The average Bonchev–Trinajstić information content (AvgIpc) is 3.46. The summed E-state index contributed by atoms with van der Waals surface area (Å²) >= 11 is 0. The van der Waals surface area contributed by atoms with Gasteiger partial charge in [0.15, 0.2) is 0 Å². The number of hydrazone groups is 1. The van der Waals surface area contributed by atoms with Crippen molar-refractivity contribution in [3.8, 4) is 6.07 Å². The summed E-state index contributed by atoms with van der Waals surface area (Å²) in [5.74, 6) is -0.306. The van der Waals surface area contributed by atoms with Crippen LogP contribution >= 0.6 is 0 Å². The molecule has 7 nitrogen and oxygen atoms in total. The number of nitriles is 1. The molecule has 2 atom stereocenters. The van der Waals surface area contributed by atoms with Gasteiger partial charge in [0.1, 0.15) is 11.8 Å². The largest absolute Gasteiger partial charge is 0.346 e. The third-order valence-electron chi connectivity index (χ3n) is 5.28. The van der Waals surface area contributed by atoms with Gasteiger partial charge >= 0.3 is 0 Å². The van der Waals surface area contributed by atoms with Gasteiger partial charge in [0.2, 0.25) is 5.91 Å². The minimum atomic E-state index is -0.381. The average molecular weight is 369 g/mol. The maximum absolute atomic E-state index is 12.7. The van der Waals surface area contributed by atoms with Gasteiger partial charge in [-0.05, 0) is 30.0 Å². The summed E-state index contributed by atoms with van der Waals surface area (Å²) in [6.07, 6.45) is 2.27. The molecule has 3 aromatic rings. The highest BCUT2D eigenvalue weighted by atomic mass is 16.2. The molecule has 5 rings (SSSR count). The molecule has 7 heteroatoms. The first-order valence-corrected chi connectivity index (χ1v) is 8.94. The van der Waals surface area contributed by atoms with Crippen LogP contribution in [0.4, 0.5) is 5.69 Å². The smallest absolute Gasteiger partial charge is 0.272 e. The zero-order valence-electron chi connectivity index (χ0n) is 14.7. The normalized spacial score (nSPS) is 19.6. The number of aromatic nitrogens is 1. The van der Waals surface area contributed by atoms with E-state index in [9.17, 15) is 14.9 Å². The number of nitrogens with one attached hydrogen (secondary N) is 3. The number of H-pyrrole nitrogens is 1. The van der Waals surface area contributed by atoms with Crippen molar-refractivity contribution in [1.29, 1.82) is 5.26 Å². The van der Waals surface area contributed by atoms with Gasteiger partial charge in [-0.15, -0.1) is 0 Å². The minimum Gasteiger partial charge on any atom is -0.346 e. The highest BCUT2D eigenvalue weighted by Gasteiger charge is 2.43. The van der Waals surface area contributed by atoms with E-state index < -0.39 is 0 Å². The van der Waals surface area contributed by atoms with E-state index in [1.807, 2.05) is 30.3 Å². The van der Waals surface area contributed by atoms with E-state index in [0.29, 0.717) is 33.4 Å². The van der Waals surface area contributed by atoms with Crippen molar-refractivity contribution in [2.75, 3.05) is 5.32 Å². The zero-order chi connectivity index (χ0) is 19.3. The van der Waals surface area contributed by atoms with Gasteiger partial charge in [-0.1, -0.05) is 30.3 Å². The van der Waals surface area contributed by atoms with Crippen LogP contribution in [0.15, 0.2) is 47.6 Å². The molecule has 1 saturated carbocycles. The van der Waals surface area contributed by atoms with E-state index in [-0.39, 0.29) is 23.7 Å². The number of amides is 2. The van der Waals surface area contributed by atoms with Gasteiger partial charge in [-0.2, -0.15) is 10.4 Å². The molecule has 0 saturated heterocycles. The lowest BCUT2D eigenvalue weighted by molar-refractivity contribution is -0.117. The van der Waals surface area contributed by atoms with Crippen molar-refractivity contribution in [3.63, 3.8) is 0 Å². The maximum atomic E-state index is 12.7. The molecule has 1 aliphatic carbocycles. The monoisotopic (exact) mass is 369 g/mol. The minimum absolute atomic E-state index is 0.0713. The van der Waals surface area contributed by atoms with Crippen LogP contribution in [0.1, 0.15) is 39.5 Å². The molecule has 2 heterocycles. The van der Waals surface area contributed by atoms with Crippen LogP contribution in [0.2, 0.25) is 0 Å². The summed E-state index contributed by atoms with van der Waals surface area (Å²) in [5, 5.41) is 16.7. The Bertz CT molecular complexity index is 1200. The lowest BCUT2D eigenvalue weighted by atomic mass is 10.0. The Morgan fingerprint density at radius 3 is 2.86 bits per heavy atom. The van der Waals surface area contributed by atoms with Crippen molar-refractivity contribution in [1.82, 2.24) is 10.4 Å². The Morgan fingerprint density at radius 2 is 2.07 bits per heavy atom. The van der Waals surface area contributed by atoms with Gasteiger partial charge in [0.25, 0.3) is 5.91 Å². The summed E-state index contributed by atoms with van der Waals surface area (Å²) in [6, 6.07) is 15.4. The third-order valence-corrected chi connectivity index (χ3v) is 5.28. The molecule has 1 aromatic heterocycles. The third kappa shape index (κ3) is 2.55. The van der Waals surface area contributed by atoms with Crippen LogP contribution in [0.25, 0.3) is 10.9 Å². The molecule has 0 bridgehead atoms. The van der Waals surface area contributed by atoms with E-state index in [2.05, 4.69) is 26.9 Å². The molecule has 2 aliphatic rings. The Morgan fingerprint density at radius 1 is 1.25 bits per heavy atom. The summed E-state index contributed by atoms with van der Waals surface area (Å²) in [6.45, 7) is 0. The molecular formula is C21H15N5O2. The molecule has 0 spiro atoms. The topological polar surface area (TPSA) is 110 Å². The second-order valence-corrected chi connectivity index (χ2v) is 7.02. The lowest BCUT2D eigenvalue weighted by Crippen LogP contribution is -2.18. The second-order valence-electron chi connectivity index (χ2n) is 7.02. The predicted octanol–water partition coefficient (Wildman–Crippen LogP) is 2.86. The van der Waals surface area contributed by atoms with Crippen LogP contribution < -0.4 is 10.7 Å². The van der Waals surface area contributed by atoms with Gasteiger partial charge in [0.05, 0.1) is 11.8 Å². The molecule has 1 fully saturated rings. The quantitative estimate of drug-likeness (QED) is 0.660. The summed E-state index contributed by atoms with van der Waals surface area (Å²) in [4.78, 5) is 28.1. The fourth-order valence-electron chi connectivity index (χ4n) is 3.83. The first kappa shape index (κ1) is 16.3. The predicted molar refractivity (Wildman–Crippen MR) is 104 cm³/mol. The molecule has 0 radical (unpaired) electrons. The fraction of sp³-hybridized carbons (Fsp3) is 0.143. The molecule has 136 valence electrons. The van der Waals surface area contributed by atoms with Gasteiger partial charge < -0.3 is 10.3 Å². The molecule has 1 aliphatic heterocycles. The lowest BCUT2D eigenvalue weighted by Gasteiger charge is -2.08. The van der Waals surface area contributed by atoms with Crippen molar-refractivity contribution < 1.29 is 9.59 Å². The number of benzene rings is 2. The number of hydrogen-bond donors (Lipinski definition) is 3. The van der Waals surface area contributed by atoms with Crippen molar-refractivity contribution in [3.05, 3.63) is 64.8 Å². The fourth-order valence-corrected chi connectivity index (χ4v) is 3.83. The Kier molecular flexibility index (Phi) is 3.52. The second kappa shape index (κ2) is 6.06. The van der Waals surface area contributed by atoms with Crippen LogP contribution in [0.3, 0.4) is 0 Å². The first-order valence-electron chi connectivity index (χ1n) is 8.94. The highest BCUT2D eigenvalue weighted by molar-refractivity contribution is 6.16. The maximum Gasteiger partial charge on any atom is 0.272 e. The van der Waals surface area contributed by atoms with E-state index in [4.69, 9.17) is 0 Å². The van der Waals surface area contributed by atoms with Crippen LogP contribution in [0, 0.1) is 17.2 Å². The van der Waals surface area contributed by atoms with Gasteiger partial charge in [0, 0.05) is 28.1 Å². The summed E-state index contributed by atoms with van der Waals surface area (Å²) in [5.41, 5.74) is 5.97. The SMILES string of the molecule is N#Cc1[nH]c2cc(NC(=O)[C@@H]3C[C@H]3c3ccccc3)cc3c2c1C=NNC3=O. The highest BCUT2D eigenvalue weighted by Crippen LogP contribution is 2.48. The van der Waals surface area contributed by atoms with E-state index in [1.165, 1.54) is 6.21 Å². The molecule has 2 amide bonds. The number of rotatable bonds is 3. The first-order chi connectivity index (χ1) is 13.7.